The molecule has 5 rings (SSSR count). The molecule has 0 saturated carbocycles. The van der Waals surface area contributed by atoms with Gasteiger partial charge in [0, 0.05) is 5.70 Å². The molecule has 1 spiro atoms. The van der Waals surface area contributed by atoms with Crippen LogP contribution >= 0.6 is 0 Å². The summed E-state index contributed by atoms with van der Waals surface area (Å²) in [5, 5.41) is 2.89. The molecular weight excluding hydrogens is 394 g/mol. The predicted molar refractivity (Wildman–Crippen MR) is 112 cm³/mol. The van der Waals surface area contributed by atoms with E-state index in [9.17, 15) is 14.4 Å². The molecule has 3 aliphatic rings. The number of fused-ring (bicyclic) bond motifs is 2. The summed E-state index contributed by atoms with van der Waals surface area (Å²) in [5.74, 6) is 0.0426. The quantitative estimate of drug-likeness (QED) is 0.753. The number of hydrogen-bond donors (Lipinski definition) is 1. The molecule has 2 heterocycles. The lowest BCUT2D eigenvalue weighted by molar-refractivity contribution is -0.138. The molecule has 0 radical (unpaired) electrons. The van der Waals surface area contributed by atoms with Gasteiger partial charge in [0.15, 0.2) is 0 Å². The van der Waals surface area contributed by atoms with Gasteiger partial charge in [0.05, 0.1) is 12.8 Å². The lowest BCUT2D eigenvalue weighted by atomic mass is 9.92. The van der Waals surface area contributed by atoms with Crippen LogP contribution in [0.3, 0.4) is 0 Å². The fraction of sp³-hybridized carbons (Fsp3) is 0.375. The summed E-state index contributed by atoms with van der Waals surface area (Å²) in [5.41, 5.74) is 1.78. The Morgan fingerprint density at radius 1 is 1.13 bits per heavy atom. The van der Waals surface area contributed by atoms with Gasteiger partial charge < -0.3 is 14.6 Å². The van der Waals surface area contributed by atoms with Crippen molar-refractivity contribution < 1.29 is 18.8 Å². The zero-order valence-electron chi connectivity index (χ0n) is 17.3. The van der Waals surface area contributed by atoms with Crippen LogP contribution in [0.5, 0.6) is 0 Å². The van der Waals surface area contributed by atoms with Gasteiger partial charge in [0.1, 0.15) is 17.8 Å². The lowest BCUT2D eigenvalue weighted by Gasteiger charge is -2.28. The van der Waals surface area contributed by atoms with Gasteiger partial charge >= 0.3 is 6.03 Å². The van der Waals surface area contributed by atoms with Crippen LogP contribution < -0.4 is 5.32 Å². The predicted octanol–water partition coefficient (Wildman–Crippen LogP) is 3.46. The molecule has 1 aromatic carbocycles. The van der Waals surface area contributed by atoms with Crippen LogP contribution in [-0.4, -0.2) is 34.2 Å². The minimum atomic E-state index is -1.05. The van der Waals surface area contributed by atoms with Crippen molar-refractivity contribution in [1.82, 2.24) is 15.1 Å². The van der Waals surface area contributed by atoms with E-state index in [1.165, 1.54) is 0 Å². The standard InChI is InChI=1S/C24H25N3O4/c28-21(26(15-19-10-6-14-31-19)18-8-2-1-3-9-18)16-27-22(29)24(25-23(27)30)13-12-17-7-4-5-11-20(17)24/h4-8,10-11,14H,1-3,9,12-13,15-16H2,(H,25,30). The first-order valence-electron chi connectivity index (χ1n) is 10.8. The summed E-state index contributed by atoms with van der Waals surface area (Å²) in [7, 11) is 0. The number of hydrogen-bond acceptors (Lipinski definition) is 4. The van der Waals surface area contributed by atoms with E-state index in [1.807, 2.05) is 30.3 Å². The Labute approximate surface area is 180 Å². The maximum Gasteiger partial charge on any atom is 0.325 e. The molecule has 2 aromatic rings. The molecule has 1 unspecified atom stereocenters. The van der Waals surface area contributed by atoms with Gasteiger partial charge in [-0.1, -0.05) is 30.3 Å². The maximum absolute atomic E-state index is 13.4. The number of allylic oxidation sites excluding steroid dienone is 2. The van der Waals surface area contributed by atoms with Crippen LogP contribution in [0, 0.1) is 0 Å². The smallest absolute Gasteiger partial charge is 0.325 e. The summed E-state index contributed by atoms with van der Waals surface area (Å²) in [6.45, 7) is 0.00191. The minimum absolute atomic E-state index is 0.281. The van der Waals surface area contributed by atoms with E-state index in [-0.39, 0.29) is 24.9 Å². The van der Waals surface area contributed by atoms with E-state index in [0.717, 1.165) is 53.8 Å². The van der Waals surface area contributed by atoms with E-state index < -0.39 is 11.6 Å². The number of aryl methyl sites for hydroxylation is 1. The third kappa shape index (κ3) is 3.34. The van der Waals surface area contributed by atoms with Crippen molar-refractivity contribution in [3.8, 4) is 0 Å². The van der Waals surface area contributed by atoms with E-state index in [2.05, 4.69) is 11.4 Å². The molecule has 4 amide bonds. The Hall–Kier alpha value is -3.35. The number of carbonyl (C=O) groups is 3. The van der Waals surface area contributed by atoms with Crippen LogP contribution in [0.4, 0.5) is 4.79 Å². The summed E-state index contributed by atoms with van der Waals surface area (Å²) in [6.07, 6.45) is 8.71. The van der Waals surface area contributed by atoms with Crippen LogP contribution in [0.1, 0.15) is 49.0 Å². The first kappa shape index (κ1) is 19.6. The molecule has 1 N–H and O–H groups in total. The average molecular weight is 419 g/mol. The fourth-order valence-electron chi connectivity index (χ4n) is 4.93. The Morgan fingerprint density at radius 3 is 2.77 bits per heavy atom. The molecule has 2 aliphatic carbocycles. The molecule has 1 fully saturated rings. The maximum atomic E-state index is 13.4. The van der Waals surface area contributed by atoms with Crippen molar-refractivity contribution in [2.75, 3.05) is 6.54 Å². The van der Waals surface area contributed by atoms with Gasteiger partial charge in [-0.25, -0.2) is 4.79 Å². The minimum Gasteiger partial charge on any atom is -0.467 e. The van der Waals surface area contributed by atoms with E-state index >= 15 is 0 Å². The number of amides is 4. The molecule has 7 heteroatoms. The molecule has 31 heavy (non-hydrogen) atoms. The number of furan rings is 1. The Morgan fingerprint density at radius 2 is 2.00 bits per heavy atom. The zero-order valence-corrected chi connectivity index (χ0v) is 17.3. The van der Waals surface area contributed by atoms with E-state index in [1.54, 1.807) is 17.2 Å². The third-order valence-corrected chi connectivity index (χ3v) is 6.52. The van der Waals surface area contributed by atoms with Crippen molar-refractivity contribution in [3.63, 3.8) is 0 Å². The molecule has 0 bridgehead atoms. The average Bonchev–Trinajstić information content (AvgIpc) is 3.49. The van der Waals surface area contributed by atoms with Crippen LogP contribution in [-0.2, 0) is 28.1 Å². The van der Waals surface area contributed by atoms with Gasteiger partial charge in [-0.05, 0) is 61.8 Å². The van der Waals surface area contributed by atoms with Crippen molar-refractivity contribution in [1.29, 1.82) is 0 Å². The van der Waals surface area contributed by atoms with Crippen LogP contribution in [0.2, 0.25) is 0 Å². The summed E-state index contributed by atoms with van der Waals surface area (Å²) >= 11 is 0. The first-order chi connectivity index (χ1) is 15.1. The van der Waals surface area contributed by atoms with Crippen molar-refractivity contribution in [2.45, 2.75) is 50.6 Å². The summed E-state index contributed by atoms with van der Waals surface area (Å²) in [4.78, 5) is 42.3. The number of carbonyl (C=O) groups excluding carboxylic acids is 3. The van der Waals surface area contributed by atoms with Gasteiger partial charge in [-0.15, -0.1) is 0 Å². The molecular formula is C24H25N3O4. The molecule has 160 valence electrons. The third-order valence-electron chi connectivity index (χ3n) is 6.52. The molecule has 1 atom stereocenters. The Bertz CT molecular complexity index is 1060. The number of rotatable bonds is 5. The van der Waals surface area contributed by atoms with Crippen LogP contribution in [0.25, 0.3) is 0 Å². The van der Waals surface area contributed by atoms with E-state index in [4.69, 9.17) is 4.42 Å². The second-order valence-electron chi connectivity index (χ2n) is 8.38. The number of imide groups is 1. The topological polar surface area (TPSA) is 82.9 Å². The zero-order chi connectivity index (χ0) is 21.4. The van der Waals surface area contributed by atoms with Crippen molar-refractivity contribution in [2.24, 2.45) is 0 Å². The van der Waals surface area contributed by atoms with Crippen molar-refractivity contribution >= 4 is 17.8 Å². The number of nitrogens with one attached hydrogen (secondary N) is 1. The Kier molecular flexibility index (Phi) is 4.88. The normalized spacial score (nSPS) is 22.5. The monoisotopic (exact) mass is 419 g/mol. The number of benzene rings is 1. The Balaban J connectivity index is 1.39. The SMILES string of the molecule is O=C(CN1C(=O)NC2(CCc3ccccc32)C1=O)N(Cc1ccco1)C1=CCCCC1. The lowest BCUT2D eigenvalue weighted by Crippen LogP contribution is -2.44. The summed E-state index contributed by atoms with van der Waals surface area (Å²) in [6, 6.07) is 10.8. The molecule has 1 saturated heterocycles. The second kappa shape index (κ2) is 7.72. The highest BCUT2D eigenvalue weighted by atomic mass is 16.3. The van der Waals surface area contributed by atoms with Gasteiger partial charge in [0.2, 0.25) is 5.91 Å². The van der Waals surface area contributed by atoms with Gasteiger partial charge in [-0.3, -0.25) is 14.5 Å². The van der Waals surface area contributed by atoms with Crippen LogP contribution in [0.15, 0.2) is 58.9 Å². The number of urea groups is 1. The fourth-order valence-corrected chi connectivity index (χ4v) is 4.93. The summed E-state index contributed by atoms with van der Waals surface area (Å²) < 4.78 is 5.45. The molecule has 1 aliphatic heterocycles. The molecule has 1 aromatic heterocycles. The second-order valence-corrected chi connectivity index (χ2v) is 8.38. The highest BCUT2D eigenvalue weighted by Crippen LogP contribution is 2.41. The molecule has 7 nitrogen and oxygen atoms in total. The van der Waals surface area contributed by atoms with Gasteiger partial charge in [-0.2, -0.15) is 0 Å². The largest absolute Gasteiger partial charge is 0.467 e. The van der Waals surface area contributed by atoms with Gasteiger partial charge in [0.25, 0.3) is 5.91 Å². The van der Waals surface area contributed by atoms with E-state index in [0.29, 0.717) is 12.2 Å². The number of nitrogens with zero attached hydrogens (tertiary/aromatic N) is 2. The van der Waals surface area contributed by atoms with Crippen molar-refractivity contribution in [3.05, 3.63) is 71.3 Å². The highest BCUT2D eigenvalue weighted by molar-refractivity contribution is 6.10. The first-order valence-corrected chi connectivity index (χ1v) is 10.8. The highest BCUT2D eigenvalue weighted by Gasteiger charge is 2.55.